The summed E-state index contributed by atoms with van der Waals surface area (Å²) in [5, 5.41) is 0. The second kappa shape index (κ2) is 7.57. The fourth-order valence-electron chi connectivity index (χ4n) is 3.24. The summed E-state index contributed by atoms with van der Waals surface area (Å²) in [5.41, 5.74) is 0.156. The Labute approximate surface area is 175 Å². The molecule has 0 bridgehead atoms. The molecule has 6 nitrogen and oxygen atoms in total. The third-order valence-corrected chi connectivity index (χ3v) is 4.90. The first-order valence-electron chi connectivity index (χ1n) is 9.53. The number of rotatable bonds is 4. The van der Waals surface area contributed by atoms with E-state index in [9.17, 15) is 18.0 Å². The maximum absolute atomic E-state index is 12.9. The highest BCUT2D eigenvalue weighted by Crippen LogP contribution is 2.32. The summed E-state index contributed by atoms with van der Waals surface area (Å²) in [4.78, 5) is 21.0. The monoisotopic (exact) mass is 428 g/mol. The van der Waals surface area contributed by atoms with Crippen LogP contribution in [0, 0.1) is 0 Å². The van der Waals surface area contributed by atoms with Gasteiger partial charge < -0.3 is 4.74 Å². The van der Waals surface area contributed by atoms with Gasteiger partial charge in [-0.15, -0.1) is 0 Å². The summed E-state index contributed by atoms with van der Waals surface area (Å²) in [7, 11) is 1.60. The third-order valence-electron chi connectivity index (χ3n) is 4.90. The molecule has 4 rings (SSSR count). The number of alkyl halides is 3. The molecule has 1 aromatic carbocycles. The average Bonchev–Trinajstić information content (AvgIpc) is 3.16. The molecular formula is C22H19F3N4O2. The number of hydrogen-bond acceptors (Lipinski definition) is 4. The summed E-state index contributed by atoms with van der Waals surface area (Å²) in [6.45, 7) is 3.96. The maximum Gasteiger partial charge on any atom is 0.416 e. The molecule has 0 unspecified atom stereocenters. The van der Waals surface area contributed by atoms with E-state index in [0.717, 1.165) is 24.2 Å². The molecule has 0 atom stereocenters. The Morgan fingerprint density at radius 3 is 2.42 bits per heavy atom. The van der Waals surface area contributed by atoms with Crippen molar-refractivity contribution in [1.82, 2.24) is 18.9 Å². The Kier molecular flexibility index (Phi) is 5.04. The standard InChI is InChI=1S/C22H19F3N4O2/c1-13(2)20-27-11-18-21(30)28(3)19(12-29(18)20)31-16-6-4-14(5-7-16)17-10-15(8-9-26-17)22(23,24)25/h4-13H,1-3H3. The lowest BCUT2D eigenvalue weighted by Gasteiger charge is -2.13. The van der Waals surface area contributed by atoms with Gasteiger partial charge in [0.25, 0.3) is 5.56 Å². The summed E-state index contributed by atoms with van der Waals surface area (Å²) in [5.74, 6) is 1.59. The summed E-state index contributed by atoms with van der Waals surface area (Å²) >= 11 is 0. The van der Waals surface area contributed by atoms with Crippen molar-refractivity contribution < 1.29 is 17.9 Å². The van der Waals surface area contributed by atoms with Crippen molar-refractivity contribution in [2.75, 3.05) is 0 Å². The highest BCUT2D eigenvalue weighted by Gasteiger charge is 2.30. The zero-order valence-electron chi connectivity index (χ0n) is 17.0. The molecule has 3 aromatic heterocycles. The van der Waals surface area contributed by atoms with Crippen LogP contribution in [-0.2, 0) is 13.2 Å². The number of ether oxygens (including phenoxy) is 1. The van der Waals surface area contributed by atoms with Crippen LogP contribution in [0.4, 0.5) is 13.2 Å². The molecule has 0 amide bonds. The van der Waals surface area contributed by atoms with Crippen LogP contribution in [-0.4, -0.2) is 18.9 Å². The van der Waals surface area contributed by atoms with Gasteiger partial charge in [0.05, 0.1) is 23.7 Å². The van der Waals surface area contributed by atoms with Gasteiger partial charge in [0.15, 0.2) is 0 Å². The van der Waals surface area contributed by atoms with Crippen LogP contribution in [0.1, 0.15) is 31.2 Å². The molecule has 0 radical (unpaired) electrons. The van der Waals surface area contributed by atoms with Gasteiger partial charge >= 0.3 is 6.18 Å². The van der Waals surface area contributed by atoms with E-state index in [1.807, 2.05) is 13.8 Å². The minimum absolute atomic E-state index is 0.113. The number of pyridine rings is 1. The van der Waals surface area contributed by atoms with Crippen LogP contribution < -0.4 is 10.3 Å². The highest BCUT2D eigenvalue weighted by molar-refractivity contribution is 5.61. The largest absolute Gasteiger partial charge is 0.439 e. The van der Waals surface area contributed by atoms with Gasteiger partial charge in [-0.25, -0.2) is 4.98 Å². The van der Waals surface area contributed by atoms with E-state index in [0.29, 0.717) is 22.7 Å². The lowest BCUT2D eigenvalue weighted by atomic mass is 10.1. The first-order chi connectivity index (χ1) is 14.6. The van der Waals surface area contributed by atoms with Gasteiger partial charge in [-0.1, -0.05) is 13.8 Å². The van der Waals surface area contributed by atoms with E-state index in [1.54, 1.807) is 41.9 Å². The molecule has 0 aliphatic rings. The van der Waals surface area contributed by atoms with E-state index in [2.05, 4.69) is 9.97 Å². The van der Waals surface area contributed by atoms with Crippen molar-refractivity contribution in [3.8, 4) is 22.9 Å². The lowest BCUT2D eigenvalue weighted by molar-refractivity contribution is -0.137. The van der Waals surface area contributed by atoms with Gasteiger partial charge in [-0.2, -0.15) is 13.2 Å². The van der Waals surface area contributed by atoms with Gasteiger partial charge in [-0.05, 0) is 36.4 Å². The molecule has 31 heavy (non-hydrogen) atoms. The van der Waals surface area contributed by atoms with E-state index < -0.39 is 11.7 Å². The molecule has 160 valence electrons. The number of aromatic nitrogens is 4. The summed E-state index contributed by atoms with van der Waals surface area (Å²) < 4.78 is 47.8. The number of benzene rings is 1. The number of hydrogen-bond donors (Lipinski definition) is 0. The third kappa shape index (κ3) is 3.90. The lowest BCUT2D eigenvalue weighted by Crippen LogP contribution is -2.20. The Balaban J connectivity index is 1.66. The number of nitrogens with zero attached hydrogens (tertiary/aromatic N) is 4. The van der Waals surface area contributed by atoms with Crippen LogP contribution in [0.15, 0.2) is 59.8 Å². The number of halogens is 3. The first-order valence-corrected chi connectivity index (χ1v) is 9.53. The maximum atomic E-state index is 12.9. The van der Waals surface area contributed by atoms with Crippen LogP contribution in [0.2, 0.25) is 0 Å². The number of imidazole rings is 1. The first kappa shape index (κ1) is 20.6. The number of fused-ring (bicyclic) bond motifs is 1. The van der Waals surface area contributed by atoms with Crippen LogP contribution in [0.5, 0.6) is 11.6 Å². The smallest absolute Gasteiger partial charge is 0.416 e. The molecule has 0 spiro atoms. The molecule has 0 aliphatic carbocycles. The Morgan fingerprint density at radius 2 is 1.77 bits per heavy atom. The molecule has 0 saturated heterocycles. The van der Waals surface area contributed by atoms with Crippen molar-refractivity contribution >= 4 is 5.52 Å². The van der Waals surface area contributed by atoms with Crippen molar-refractivity contribution in [3.63, 3.8) is 0 Å². The Morgan fingerprint density at radius 1 is 1.06 bits per heavy atom. The highest BCUT2D eigenvalue weighted by atomic mass is 19.4. The predicted octanol–water partition coefficient (Wildman–Crippen LogP) is 5.03. The average molecular weight is 428 g/mol. The topological polar surface area (TPSA) is 61.4 Å². The van der Waals surface area contributed by atoms with Gasteiger partial charge in [0.2, 0.25) is 5.88 Å². The molecule has 4 aromatic rings. The Bertz CT molecular complexity index is 1310. The predicted molar refractivity (Wildman–Crippen MR) is 109 cm³/mol. The Hall–Kier alpha value is -3.62. The zero-order valence-corrected chi connectivity index (χ0v) is 17.0. The normalized spacial score (nSPS) is 12.0. The van der Waals surface area contributed by atoms with Crippen molar-refractivity contribution in [2.24, 2.45) is 7.05 Å². The summed E-state index contributed by atoms with van der Waals surface area (Å²) in [6.07, 6.45) is -0.0724. The summed E-state index contributed by atoms with van der Waals surface area (Å²) in [6, 6.07) is 8.39. The molecule has 0 saturated carbocycles. The SMILES string of the molecule is CC(C)c1ncc2c(=O)n(C)c(Oc3ccc(-c4cc(C(F)(F)F)ccn4)cc3)cn12. The quantitative estimate of drug-likeness (QED) is 0.458. The van der Waals surface area contributed by atoms with Crippen LogP contribution >= 0.6 is 0 Å². The van der Waals surface area contributed by atoms with Crippen molar-refractivity contribution in [1.29, 1.82) is 0 Å². The molecule has 0 fully saturated rings. The van der Waals surface area contributed by atoms with Crippen molar-refractivity contribution in [2.45, 2.75) is 25.9 Å². The van der Waals surface area contributed by atoms with Gasteiger partial charge in [0.1, 0.15) is 17.1 Å². The van der Waals surface area contributed by atoms with Crippen LogP contribution in [0.3, 0.4) is 0 Å². The molecule has 3 heterocycles. The fourth-order valence-corrected chi connectivity index (χ4v) is 3.24. The van der Waals surface area contributed by atoms with Gasteiger partial charge in [-0.3, -0.25) is 18.7 Å². The van der Waals surface area contributed by atoms with E-state index in [4.69, 9.17) is 4.74 Å². The van der Waals surface area contributed by atoms with E-state index >= 15 is 0 Å². The minimum atomic E-state index is -4.44. The second-order valence-electron chi connectivity index (χ2n) is 7.41. The molecular weight excluding hydrogens is 409 g/mol. The minimum Gasteiger partial charge on any atom is -0.439 e. The fraction of sp³-hybridized carbons (Fsp3) is 0.227. The second-order valence-corrected chi connectivity index (χ2v) is 7.41. The van der Waals surface area contributed by atoms with E-state index in [1.165, 1.54) is 10.8 Å². The zero-order chi connectivity index (χ0) is 22.3. The van der Waals surface area contributed by atoms with E-state index in [-0.39, 0.29) is 17.2 Å². The molecule has 0 N–H and O–H groups in total. The molecule has 0 aliphatic heterocycles. The van der Waals surface area contributed by atoms with Crippen LogP contribution in [0.25, 0.3) is 16.8 Å². The molecule has 9 heteroatoms. The van der Waals surface area contributed by atoms with Crippen molar-refractivity contribution in [3.05, 3.63) is 76.7 Å². The van der Waals surface area contributed by atoms with Gasteiger partial charge in [0, 0.05) is 24.7 Å².